The maximum atomic E-state index is 5.73. The average molecular weight is 298 g/mol. The maximum absolute atomic E-state index is 5.73. The first-order chi connectivity index (χ1) is 8.34. The van der Waals surface area contributed by atoms with Gasteiger partial charge in [0.1, 0.15) is 0 Å². The summed E-state index contributed by atoms with van der Waals surface area (Å²) in [4.78, 5) is 0. The molecule has 0 unspecified atom stereocenters. The van der Waals surface area contributed by atoms with Crippen LogP contribution in [0, 0.1) is 5.92 Å². The molecule has 1 aliphatic rings. The Hall–Kier alpha value is -0.380. The van der Waals surface area contributed by atoms with Crippen molar-refractivity contribution in [3.8, 4) is 0 Å². The van der Waals surface area contributed by atoms with Gasteiger partial charge in [-0.15, -0.1) is 0 Å². The lowest BCUT2D eigenvalue weighted by Crippen LogP contribution is -2.30. The predicted molar refractivity (Wildman–Crippen MR) is 74.0 cm³/mol. The Morgan fingerprint density at radius 2 is 2.35 bits per heavy atom. The van der Waals surface area contributed by atoms with E-state index < -0.39 is 0 Å². The van der Waals surface area contributed by atoms with Crippen LogP contribution in [-0.2, 0) is 11.3 Å². The second kappa shape index (κ2) is 7.14. The van der Waals surface area contributed by atoms with E-state index in [1.54, 1.807) is 0 Å². The van der Waals surface area contributed by atoms with Gasteiger partial charge in [-0.05, 0) is 56.0 Å². The second-order valence-electron chi connectivity index (χ2n) is 4.68. The summed E-state index contributed by atoms with van der Waals surface area (Å²) >= 11 is 3.47. The van der Waals surface area contributed by atoms with Gasteiger partial charge in [-0.3, -0.25) is 0 Å². The zero-order valence-electron chi connectivity index (χ0n) is 10.1. The summed E-state index contributed by atoms with van der Waals surface area (Å²) in [6, 6.07) is 8.31. The molecule has 1 aromatic carbocycles. The predicted octanol–water partition coefficient (Wildman–Crippen LogP) is 3.36. The minimum absolute atomic E-state index is 0.722. The number of hydrogen-bond donors (Lipinski definition) is 1. The molecular weight excluding hydrogens is 278 g/mol. The lowest BCUT2D eigenvalue weighted by molar-refractivity contribution is 0.103. The van der Waals surface area contributed by atoms with Crippen LogP contribution < -0.4 is 5.32 Å². The molecule has 1 aromatic rings. The Morgan fingerprint density at radius 1 is 1.41 bits per heavy atom. The molecule has 1 atom stereocenters. The van der Waals surface area contributed by atoms with Crippen molar-refractivity contribution in [3.05, 3.63) is 34.3 Å². The van der Waals surface area contributed by atoms with Gasteiger partial charge in [-0.2, -0.15) is 0 Å². The van der Waals surface area contributed by atoms with Gasteiger partial charge in [-0.25, -0.2) is 0 Å². The highest BCUT2D eigenvalue weighted by Gasteiger charge is 2.12. The smallest absolute Gasteiger partial charge is 0.0717 e. The molecule has 3 heteroatoms. The molecular formula is C14H20BrNO. The Labute approximate surface area is 112 Å². The number of piperidine rings is 1. The maximum Gasteiger partial charge on any atom is 0.0717 e. The zero-order chi connectivity index (χ0) is 11.9. The summed E-state index contributed by atoms with van der Waals surface area (Å²) in [5, 5.41) is 3.44. The summed E-state index contributed by atoms with van der Waals surface area (Å²) in [6.07, 6.45) is 3.85. The minimum atomic E-state index is 0.722. The van der Waals surface area contributed by atoms with E-state index in [1.165, 1.54) is 37.9 Å². The number of benzene rings is 1. The van der Waals surface area contributed by atoms with Crippen LogP contribution in [0.3, 0.4) is 0 Å². The molecule has 0 aliphatic carbocycles. The molecule has 1 saturated heterocycles. The number of rotatable bonds is 5. The third-order valence-electron chi connectivity index (χ3n) is 3.23. The number of ether oxygens (including phenoxy) is 1. The highest BCUT2D eigenvalue weighted by Crippen LogP contribution is 2.15. The van der Waals surface area contributed by atoms with Crippen molar-refractivity contribution < 1.29 is 4.74 Å². The fourth-order valence-electron chi connectivity index (χ4n) is 2.24. The fraction of sp³-hybridized carbons (Fsp3) is 0.571. The van der Waals surface area contributed by atoms with Gasteiger partial charge in [0.25, 0.3) is 0 Å². The third kappa shape index (κ3) is 4.78. The summed E-state index contributed by atoms with van der Waals surface area (Å²) in [7, 11) is 0. The zero-order valence-corrected chi connectivity index (χ0v) is 11.7. The van der Waals surface area contributed by atoms with Gasteiger partial charge in [0.2, 0.25) is 0 Å². The molecule has 2 nitrogen and oxygen atoms in total. The van der Waals surface area contributed by atoms with E-state index in [1.807, 2.05) is 12.1 Å². The second-order valence-corrected chi connectivity index (χ2v) is 5.60. The molecule has 0 bridgehead atoms. The molecule has 1 aliphatic heterocycles. The molecule has 1 heterocycles. The molecule has 0 spiro atoms. The lowest BCUT2D eigenvalue weighted by atomic mass is 9.97. The van der Waals surface area contributed by atoms with Crippen molar-refractivity contribution in [2.75, 3.05) is 19.7 Å². The fourth-order valence-corrected chi connectivity index (χ4v) is 2.68. The summed E-state index contributed by atoms with van der Waals surface area (Å²) < 4.78 is 6.85. The highest BCUT2D eigenvalue weighted by atomic mass is 79.9. The van der Waals surface area contributed by atoms with Crippen LogP contribution in [0.25, 0.3) is 0 Å². The van der Waals surface area contributed by atoms with E-state index in [0.29, 0.717) is 0 Å². The van der Waals surface area contributed by atoms with E-state index in [-0.39, 0.29) is 0 Å². The average Bonchev–Trinajstić information content (AvgIpc) is 2.36. The first-order valence-electron chi connectivity index (χ1n) is 6.37. The van der Waals surface area contributed by atoms with E-state index in [9.17, 15) is 0 Å². The van der Waals surface area contributed by atoms with Crippen molar-refractivity contribution in [1.29, 1.82) is 0 Å². The third-order valence-corrected chi connectivity index (χ3v) is 3.72. The molecule has 1 fully saturated rings. The van der Waals surface area contributed by atoms with E-state index >= 15 is 0 Å². The number of nitrogens with one attached hydrogen (secondary N) is 1. The van der Waals surface area contributed by atoms with Crippen molar-refractivity contribution in [2.45, 2.75) is 25.9 Å². The van der Waals surface area contributed by atoms with E-state index in [2.05, 4.69) is 33.4 Å². The molecule has 2 rings (SSSR count). The van der Waals surface area contributed by atoms with Gasteiger partial charge in [0.15, 0.2) is 0 Å². The van der Waals surface area contributed by atoms with Crippen LogP contribution in [0.1, 0.15) is 24.8 Å². The van der Waals surface area contributed by atoms with Crippen LogP contribution in [0.5, 0.6) is 0 Å². The SMILES string of the molecule is Brc1cccc(COCC[C@H]2CCCNC2)c1. The van der Waals surface area contributed by atoms with Gasteiger partial charge >= 0.3 is 0 Å². The monoisotopic (exact) mass is 297 g/mol. The largest absolute Gasteiger partial charge is 0.377 e. The van der Waals surface area contributed by atoms with Gasteiger partial charge in [0, 0.05) is 11.1 Å². The first kappa shape index (κ1) is 13.1. The van der Waals surface area contributed by atoms with Crippen molar-refractivity contribution in [3.63, 3.8) is 0 Å². The summed E-state index contributed by atoms with van der Waals surface area (Å²) in [5.41, 5.74) is 1.24. The Balaban J connectivity index is 1.62. The normalized spacial score (nSPS) is 20.4. The summed E-state index contributed by atoms with van der Waals surface area (Å²) in [5.74, 6) is 0.811. The van der Waals surface area contributed by atoms with Gasteiger partial charge in [-0.1, -0.05) is 28.1 Å². The molecule has 0 aromatic heterocycles. The molecule has 0 saturated carbocycles. The van der Waals surface area contributed by atoms with E-state index in [0.717, 1.165) is 23.6 Å². The van der Waals surface area contributed by atoms with Crippen LogP contribution >= 0.6 is 15.9 Å². The summed E-state index contributed by atoms with van der Waals surface area (Å²) in [6.45, 7) is 3.95. The van der Waals surface area contributed by atoms with Crippen LogP contribution in [0.15, 0.2) is 28.7 Å². The minimum Gasteiger partial charge on any atom is -0.377 e. The van der Waals surface area contributed by atoms with E-state index in [4.69, 9.17) is 4.74 Å². The Morgan fingerprint density at radius 3 is 3.12 bits per heavy atom. The van der Waals surface area contributed by atoms with Crippen molar-refractivity contribution in [2.24, 2.45) is 5.92 Å². The number of hydrogen-bond acceptors (Lipinski definition) is 2. The Bertz CT molecular complexity index is 337. The van der Waals surface area contributed by atoms with Gasteiger partial charge < -0.3 is 10.1 Å². The topological polar surface area (TPSA) is 21.3 Å². The first-order valence-corrected chi connectivity index (χ1v) is 7.17. The highest BCUT2D eigenvalue weighted by molar-refractivity contribution is 9.10. The molecule has 17 heavy (non-hydrogen) atoms. The quantitative estimate of drug-likeness (QED) is 0.842. The van der Waals surface area contributed by atoms with Crippen molar-refractivity contribution >= 4 is 15.9 Å². The standard InChI is InChI=1S/C14H20BrNO/c15-14-5-1-3-13(9-14)11-17-8-6-12-4-2-7-16-10-12/h1,3,5,9,12,16H,2,4,6-8,10-11H2/t12-/m1/s1. The molecule has 94 valence electrons. The Kier molecular flexibility index (Phi) is 5.49. The molecule has 0 amide bonds. The van der Waals surface area contributed by atoms with Crippen molar-refractivity contribution in [1.82, 2.24) is 5.32 Å². The van der Waals surface area contributed by atoms with Gasteiger partial charge in [0.05, 0.1) is 6.61 Å². The molecule has 1 N–H and O–H groups in total. The van der Waals surface area contributed by atoms with Crippen LogP contribution in [0.2, 0.25) is 0 Å². The number of halogens is 1. The molecule has 0 radical (unpaired) electrons. The lowest BCUT2D eigenvalue weighted by Gasteiger charge is -2.22. The van der Waals surface area contributed by atoms with Crippen LogP contribution in [-0.4, -0.2) is 19.7 Å². The van der Waals surface area contributed by atoms with Crippen LogP contribution in [0.4, 0.5) is 0 Å².